The Balaban J connectivity index is 2.70. The van der Waals surface area contributed by atoms with Gasteiger partial charge in [0, 0.05) is 6.04 Å². The molecule has 1 nitrogen and oxygen atoms in total. The van der Waals surface area contributed by atoms with Crippen LogP contribution in [0.5, 0.6) is 0 Å². The second-order valence-corrected chi connectivity index (χ2v) is 5.75. The fourth-order valence-corrected chi connectivity index (χ4v) is 1.81. The Bertz CT molecular complexity index is 297. The van der Waals surface area contributed by atoms with Gasteiger partial charge in [0.25, 0.3) is 0 Å². The molecular weight excluding hydrogens is 194 g/mol. The molecule has 2 unspecified atom stereocenters. The highest BCUT2D eigenvalue weighted by Crippen LogP contribution is 2.32. The van der Waals surface area contributed by atoms with Crippen LogP contribution in [-0.2, 0) is 0 Å². The van der Waals surface area contributed by atoms with Gasteiger partial charge in [0.1, 0.15) is 0 Å². The molecule has 1 aromatic rings. The molecule has 0 aliphatic rings. The summed E-state index contributed by atoms with van der Waals surface area (Å²) in [7, 11) is 2.05. The smallest absolute Gasteiger partial charge is 0.0320 e. The normalized spacial score (nSPS) is 15.8. The van der Waals surface area contributed by atoms with E-state index in [1.54, 1.807) is 0 Å². The first-order valence-electron chi connectivity index (χ1n) is 6.17. The van der Waals surface area contributed by atoms with Gasteiger partial charge in [-0.3, -0.25) is 0 Å². The van der Waals surface area contributed by atoms with Crippen LogP contribution < -0.4 is 5.32 Å². The molecule has 16 heavy (non-hydrogen) atoms. The molecule has 1 rings (SSSR count). The van der Waals surface area contributed by atoms with Gasteiger partial charge in [0.2, 0.25) is 0 Å². The molecule has 1 aromatic carbocycles. The van der Waals surface area contributed by atoms with Crippen molar-refractivity contribution in [3.05, 3.63) is 35.9 Å². The zero-order valence-electron chi connectivity index (χ0n) is 11.2. The molecule has 0 radical (unpaired) electrons. The quantitative estimate of drug-likeness (QED) is 0.806. The molecule has 0 aliphatic heterocycles. The fraction of sp³-hybridized carbons (Fsp3) is 0.600. The van der Waals surface area contributed by atoms with Crippen LogP contribution in [0.15, 0.2) is 30.3 Å². The molecule has 0 saturated carbocycles. The fourth-order valence-electron chi connectivity index (χ4n) is 1.81. The Labute approximate surface area is 100 Å². The van der Waals surface area contributed by atoms with E-state index in [1.165, 1.54) is 12.0 Å². The second kappa shape index (κ2) is 5.49. The third kappa shape index (κ3) is 3.64. The Hall–Kier alpha value is -0.820. The van der Waals surface area contributed by atoms with E-state index in [0.29, 0.717) is 17.4 Å². The van der Waals surface area contributed by atoms with Crippen molar-refractivity contribution in [1.82, 2.24) is 5.32 Å². The van der Waals surface area contributed by atoms with E-state index < -0.39 is 0 Å². The molecule has 1 heteroatoms. The Morgan fingerprint density at radius 2 is 1.69 bits per heavy atom. The SMILES string of the molecule is CNC(CC(C)C(C)(C)C)c1ccccc1. The standard InChI is InChI=1S/C15H25N/c1-12(15(2,3)4)11-14(16-5)13-9-7-6-8-10-13/h6-10,12,14,16H,11H2,1-5H3. The van der Waals surface area contributed by atoms with E-state index in [0.717, 1.165) is 0 Å². The molecular formula is C15H25N. The summed E-state index contributed by atoms with van der Waals surface area (Å²) in [6.07, 6.45) is 1.18. The van der Waals surface area contributed by atoms with E-state index in [2.05, 4.69) is 63.3 Å². The molecule has 2 atom stereocenters. The van der Waals surface area contributed by atoms with E-state index in [9.17, 15) is 0 Å². The molecule has 0 saturated heterocycles. The predicted molar refractivity (Wildman–Crippen MR) is 71.5 cm³/mol. The minimum absolute atomic E-state index is 0.379. The number of hydrogen-bond acceptors (Lipinski definition) is 1. The minimum Gasteiger partial charge on any atom is -0.313 e. The minimum atomic E-state index is 0.379. The first-order chi connectivity index (χ1) is 7.45. The molecule has 90 valence electrons. The van der Waals surface area contributed by atoms with Crippen LogP contribution in [0.2, 0.25) is 0 Å². The van der Waals surface area contributed by atoms with Gasteiger partial charge in [0.05, 0.1) is 0 Å². The van der Waals surface area contributed by atoms with Gasteiger partial charge in [-0.15, -0.1) is 0 Å². The molecule has 0 amide bonds. The van der Waals surface area contributed by atoms with Gasteiger partial charge >= 0.3 is 0 Å². The van der Waals surface area contributed by atoms with Gasteiger partial charge < -0.3 is 5.32 Å². The van der Waals surface area contributed by atoms with Crippen molar-refractivity contribution in [2.75, 3.05) is 7.05 Å². The largest absolute Gasteiger partial charge is 0.313 e. The monoisotopic (exact) mass is 219 g/mol. The summed E-state index contributed by atoms with van der Waals surface area (Å²) in [6.45, 7) is 9.29. The predicted octanol–water partition coefficient (Wildman–Crippen LogP) is 4.02. The van der Waals surface area contributed by atoms with Crippen LogP contribution in [0.4, 0.5) is 0 Å². The molecule has 0 bridgehead atoms. The van der Waals surface area contributed by atoms with E-state index in [4.69, 9.17) is 0 Å². The summed E-state index contributed by atoms with van der Waals surface area (Å²) in [5.41, 5.74) is 1.77. The highest BCUT2D eigenvalue weighted by Gasteiger charge is 2.23. The molecule has 0 spiro atoms. The van der Waals surface area contributed by atoms with Crippen molar-refractivity contribution in [3.8, 4) is 0 Å². The number of benzene rings is 1. The maximum Gasteiger partial charge on any atom is 0.0320 e. The van der Waals surface area contributed by atoms with Gasteiger partial charge in [-0.2, -0.15) is 0 Å². The number of rotatable bonds is 4. The van der Waals surface area contributed by atoms with Gasteiger partial charge in [-0.05, 0) is 30.4 Å². The summed E-state index contributed by atoms with van der Waals surface area (Å²) in [5, 5.41) is 3.42. The van der Waals surface area contributed by atoms with Crippen LogP contribution in [-0.4, -0.2) is 7.05 Å². The summed E-state index contributed by atoms with van der Waals surface area (Å²) >= 11 is 0. The Kier molecular flexibility index (Phi) is 4.55. The molecule has 0 aliphatic carbocycles. The highest BCUT2D eigenvalue weighted by atomic mass is 14.9. The third-order valence-electron chi connectivity index (χ3n) is 3.62. The lowest BCUT2D eigenvalue weighted by molar-refractivity contribution is 0.226. The van der Waals surface area contributed by atoms with Crippen LogP contribution in [0.3, 0.4) is 0 Å². The van der Waals surface area contributed by atoms with Gasteiger partial charge in [-0.25, -0.2) is 0 Å². The van der Waals surface area contributed by atoms with Crippen LogP contribution in [0.25, 0.3) is 0 Å². The summed E-state index contributed by atoms with van der Waals surface area (Å²) in [5.74, 6) is 0.699. The van der Waals surface area contributed by atoms with Crippen molar-refractivity contribution < 1.29 is 0 Å². The second-order valence-electron chi connectivity index (χ2n) is 5.75. The zero-order valence-corrected chi connectivity index (χ0v) is 11.2. The van der Waals surface area contributed by atoms with Crippen molar-refractivity contribution >= 4 is 0 Å². The van der Waals surface area contributed by atoms with Crippen LogP contribution >= 0.6 is 0 Å². The number of nitrogens with one attached hydrogen (secondary N) is 1. The van der Waals surface area contributed by atoms with Crippen molar-refractivity contribution in [3.63, 3.8) is 0 Å². The lowest BCUT2D eigenvalue weighted by Crippen LogP contribution is -2.25. The summed E-state index contributed by atoms with van der Waals surface area (Å²) in [6, 6.07) is 11.2. The molecule has 0 fully saturated rings. The zero-order chi connectivity index (χ0) is 12.2. The molecule has 0 aromatic heterocycles. The van der Waals surface area contributed by atoms with Crippen molar-refractivity contribution in [2.24, 2.45) is 11.3 Å². The van der Waals surface area contributed by atoms with E-state index >= 15 is 0 Å². The Morgan fingerprint density at radius 3 is 2.12 bits per heavy atom. The average Bonchev–Trinajstić information content (AvgIpc) is 2.25. The maximum atomic E-state index is 3.42. The lowest BCUT2D eigenvalue weighted by atomic mass is 9.77. The lowest BCUT2D eigenvalue weighted by Gasteiger charge is -2.31. The first-order valence-corrected chi connectivity index (χ1v) is 6.17. The van der Waals surface area contributed by atoms with E-state index in [1.807, 2.05) is 7.05 Å². The van der Waals surface area contributed by atoms with Crippen molar-refractivity contribution in [1.29, 1.82) is 0 Å². The first kappa shape index (κ1) is 13.2. The van der Waals surface area contributed by atoms with Gasteiger partial charge in [0.15, 0.2) is 0 Å². The average molecular weight is 219 g/mol. The van der Waals surface area contributed by atoms with Crippen molar-refractivity contribution in [2.45, 2.75) is 40.2 Å². The molecule has 1 N–H and O–H groups in total. The van der Waals surface area contributed by atoms with Gasteiger partial charge in [-0.1, -0.05) is 58.0 Å². The number of hydrogen-bond donors (Lipinski definition) is 1. The highest BCUT2D eigenvalue weighted by molar-refractivity contribution is 5.18. The molecule has 0 heterocycles. The maximum absolute atomic E-state index is 3.42. The van der Waals surface area contributed by atoms with E-state index in [-0.39, 0.29) is 0 Å². The topological polar surface area (TPSA) is 12.0 Å². The third-order valence-corrected chi connectivity index (χ3v) is 3.62. The summed E-state index contributed by atoms with van der Waals surface area (Å²) < 4.78 is 0. The Morgan fingerprint density at radius 1 is 1.12 bits per heavy atom. The summed E-state index contributed by atoms with van der Waals surface area (Å²) in [4.78, 5) is 0. The van der Waals surface area contributed by atoms with Crippen LogP contribution in [0.1, 0.15) is 45.7 Å². The van der Waals surface area contributed by atoms with Crippen LogP contribution in [0, 0.1) is 11.3 Å².